The number of nitrogens with one attached hydrogen (secondary N) is 1. The van der Waals surface area contributed by atoms with Crippen molar-refractivity contribution in [2.75, 3.05) is 26.4 Å². The largest absolute Gasteiger partial charge is 0.352 e. The van der Waals surface area contributed by atoms with Crippen molar-refractivity contribution >= 4 is 6.03 Å². The SMILES string of the molecule is CCCCCCCCC(CCC)(CCCNC(N)=O)C(OCC)(OCC)OCC. The van der Waals surface area contributed by atoms with Gasteiger partial charge in [-0.15, -0.1) is 0 Å². The summed E-state index contributed by atoms with van der Waals surface area (Å²) < 4.78 is 18.7. The maximum absolute atomic E-state index is 11.1. The molecular weight excluding hydrogens is 368 g/mol. The Morgan fingerprint density at radius 1 is 0.724 bits per heavy atom. The molecule has 0 bridgehead atoms. The molecule has 29 heavy (non-hydrogen) atoms. The molecule has 0 aromatic carbocycles. The molecule has 6 nitrogen and oxygen atoms in total. The average molecular weight is 417 g/mol. The van der Waals surface area contributed by atoms with Gasteiger partial charge in [0.25, 0.3) is 5.97 Å². The number of rotatable bonds is 20. The van der Waals surface area contributed by atoms with Gasteiger partial charge < -0.3 is 25.3 Å². The minimum atomic E-state index is -1.04. The van der Waals surface area contributed by atoms with Crippen LogP contribution < -0.4 is 11.1 Å². The highest BCUT2D eigenvalue weighted by Gasteiger charge is 2.53. The average Bonchev–Trinajstić information content (AvgIpc) is 2.68. The van der Waals surface area contributed by atoms with Gasteiger partial charge in [-0.25, -0.2) is 4.79 Å². The van der Waals surface area contributed by atoms with Crippen LogP contribution in [0.3, 0.4) is 0 Å². The van der Waals surface area contributed by atoms with Crippen molar-refractivity contribution in [3.8, 4) is 0 Å². The number of nitrogens with two attached hydrogens (primary N) is 1. The third kappa shape index (κ3) is 10.1. The first-order valence-corrected chi connectivity index (χ1v) is 11.9. The molecule has 0 fully saturated rings. The van der Waals surface area contributed by atoms with Crippen LogP contribution in [0.5, 0.6) is 0 Å². The number of ether oxygens (including phenoxy) is 3. The van der Waals surface area contributed by atoms with Gasteiger partial charge in [-0.05, 0) is 46.5 Å². The summed E-state index contributed by atoms with van der Waals surface area (Å²) in [4.78, 5) is 11.1. The standard InChI is InChI=1S/C23H48N2O4/c1-6-11-12-13-14-15-18-22(17-7-2,19-16-20-25-21(24)26)23(27-8-3,28-9-4)29-10-5/h6-20H2,1-5H3,(H3,24,25,26). The van der Waals surface area contributed by atoms with E-state index in [1.165, 1.54) is 32.1 Å². The van der Waals surface area contributed by atoms with Crippen molar-refractivity contribution < 1.29 is 19.0 Å². The number of hydrogen-bond donors (Lipinski definition) is 2. The van der Waals surface area contributed by atoms with Crippen molar-refractivity contribution in [2.45, 2.75) is 111 Å². The van der Waals surface area contributed by atoms with Crippen LogP contribution in [-0.2, 0) is 14.2 Å². The number of primary amides is 1. The van der Waals surface area contributed by atoms with E-state index in [4.69, 9.17) is 19.9 Å². The maximum atomic E-state index is 11.1. The van der Waals surface area contributed by atoms with Crippen LogP contribution in [0.2, 0.25) is 0 Å². The van der Waals surface area contributed by atoms with E-state index in [2.05, 4.69) is 19.2 Å². The molecule has 2 amide bonds. The predicted octanol–water partition coefficient (Wildman–Crippen LogP) is 5.74. The lowest BCUT2D eigenvalue weighted by Gasteiger charge is -2.49. The summed E-state index contributed by atoms with van der Waals surface area (Å²) in [6, 6.07) is -0.479. The number of carbonyl (C=O) groups excluding carboxylic acids is 1. The van der Waals surface area contributed by atoms with Gasteiger partial charge in [0, 0.05) is 26.4 Å². The lowest BCUT2D eigenvalue weighted by atomic mass is 9.72. The van der Waals surface area contributed by atoms with Crippen LogP contribution in [0.4, 0.5) is 4.79 Å². The highest BCUT2D eigenvalue weighted by Crippen LogP contribution is 2.49. The smallest absolute Gasteiger partial charge is 0.312 e. The van der Waals surface area contributed by atoms with E-state index in [0.29, 0.717) is 26.4 Å². The summed E-state index contributed by atoms with van der Waals surface area (Å²) in [7, 11) is 0. The molecule has 0 aromatic rings. The quantitative estimate of drug-likeness (QED) is 0.196. The first-order chi connectivity index (χ1) is 14.0. The molecule has 174 valence electrons. The topological polar surface area (TPSA) is 82.8 Å². The fourth-order valence-corrected chi connectivity index (χ4v) is 4.35. The van der Waals surface area contributed by atoms with E-state index >= 15 is 0 Å². The Hall–Kier alpha value is -0.850. The van der Waals surface area contributed by atoms with Gasteiger partial charge in [-0.2, -0.15) is 0 Å². The van der Waals surface area contributed by atoms with Gasteiger partial charge in [0.05, 0.1) is 5.41 Å². The Balaban J connectivity index is 5.54. The van der Waals surface area contributed by atoms with E-state index in [1.54, 1.807) is 0 Å². The Morgan fingerprint density at radius 2 is 1.24 bits per heavy atom. The molecule has 0 aromatic heterocycles. The van der Waals surface area contributed by atoms with E-state index in [-0.39, 0.29) is 5.41 Å². The molecule has 0 saturated heterocycles. The molecule has 0 heterocycles. The van der Waals surface area contributed by atoms with E-state index < -0.39 is 12.0 Å². The minimum absolute atomic E-state index is 0.256. The second kappa shape index (κ2) is 16.9. The number of unbranched alkanes of at least 4 members (excludes halogenated alkanes) is 5. The third-order valence-corrected chi connectivity index (χ3v) is 5.52. The molecule has 0 aliphatic heterocycles. The number of carbonyl (C=O) groups is 1. The van der Waals surface area contributed by atoms with E-state index in [1.807, 2.05) is 20.8 Å². The first-order valence-electron chi connectivity index (χ1n) is 11.9. The van der Waals surface area contributed by atoms with Crippen LogP contribution in [-0.4, -0.2) is 38.4 Å². The molecule has 1 atom stereocenters. The summed E-state index contributed by atoms with van der Waals surface area (Å²) >= 11 is 0. The fourth-order valence-electron chi connectivity index (χ4n) is 4.35. The van der Waals surface area contributed by atoms with Crippen LogP contribution in [0.25, 0.3) is 0 Å². The molecule has 0 aliphatic rings. The molecular formula is C23H48N2O4. The Kier molecular flexibility index (Phi) is 16.4. The van der Waals surface area contributed by atoms with Gasteiger partial charge in [0.1, 0.15) is 0 Å². The van der Waals surface area contributed by atoms with Crippen molar-refractivity contribution in [3.05, 3.63) is 0 Å². The molecule has 0 aliphatic carbocycles. The summed E-state index contributed by atoms with van der Waals surface area (Å²) in [6.45, 7) is 12.6. The monoisotopic (exact) mass is 416 g/mol. The predicted molar refractivity (Wildman–Crippen MR) is 120 cm³/mol. The first kappa shape index (κ1) is 28.1. The zero-order valence-corrected chi connectivity index (χ0v) is 19.8. The zero-order valence-electron chi connectivity index (χ0n) is 19.8. The molecule has 0 radical (unpaired) electrons. The summed E-state index contributed by atoms with van der Waals surface area (Å²) in [6.07, 6.45) is 12.1. The Bertz CT molecular complexity index is 389. The second-order valence-electron chi connectivity index (χ2n) is 7.80. The van der Waals surface area contributed by atoms with Crippen molar-refractivity contribution in [1.82, 2.24) is 5.32 Å². The van der Waals surface area contributed by atoms with Gasteiger partial charge >= 0.3 is 6.03 Å². The van der Waals surface area contributed by atoms with Crippen LogP contribution in [0.15, 0.2) is 0 Å². The molecule has 0 rings (SSSR count). The lowest BCUT2D eigenvalue weighted by Crippen LogP contribution is -2.55. The van der Waals surface area contributed by atoms with Crippen LogP contribution in [0.1, 0.15) is 105 Å². The molecule has 0 saturated carbocycles. The summed E-state index contributed by atoms with van der Waals surface area (Å²) in [5.41, 5.74) is 4.99. The van der Waals surface area contributed by atoms with Gasteiger partial charge in [-0.3, -0.25) is 0 Å². The van der Waals surface area contributed by atoms with Crippen LogP contribution in [0, 0.1) is 5.41 Å². The summed E-state index contributed by atoms with van der Waals surface area (Å²) in [5, 5.41) is 2.71. The van der Waals surface area contributed by atoms with Gasteiger partial charge in [-0.1, -0.05) is 58.8 Å². The minimum Gasteiger partial charge on any atom is -0.352 e. The Morgan fingerprint density at radius 3 is 1.72 bits per heavy atom. The molecule has 1 unspecified atom stereocenters. The fraction of sp³-hybridized carbons (Fsp3) is 0.957. The maximum Gasteiger partial charge on any atom is 0.312 e. The molecule has 6 heteroatoms. The lowest BCUT2D eigenvalue weighted by molar-refractivity contribution is -0.431. The normalized spacial score (nSPS) is 14.0. The molecule has 0 spiro atoms. The molecule has 3 N–H and O–H groups in total. The van der Waals surface area contributed by atoms with E-state index in [0.717, 1.165) is 38.5 Å². The van der Waals surface area contributed by atoms with Crippen molar-refractivity contribution in [3.63, 3.8) is 0 Å². The summed E-state index contributed by atoms with van der Waals surface area (Å²) in [5.74, 6) is -1.04. The van der Waals surface area contributed by atoms with E-state index in [9.17, 15) is 4.79 Å². The van der Waals surface area contributed by atoms with Gasteiger partial charge in [0.2, 0.25) is 0 Å². The number of urea groups is 1. The number of amides is 2. The third-order valence-electron chi connectivity index (χ3n) is 5.52. The highest BCUT2D eigenvalue weighted by molar-refractivity contribution is 5.71. The second-order valence-corrected chi connectivity index (χ2v) is 7.80. The zero-order chi connectivity index (χ0) is 22.0. The van der Waals surface area contributed by atoms with Crippen molar-refractivity contribution in [2.24, 2.45) is 11.1 Å². The van der Waals surface area contributed by atoms with Gasteiger partial charge in [0.15, 0.2) is 0 Å². The Labute approximate surface area is 179 Å². The van der Waals surface area contributed by atoms with Crippen molar-refractivity contribution in [1.29, 1.82) is 0 Å². The highest BCUT2D eigenvalue weighted by atomic mass is 16.9. The van der Waals surface area contributed by atoms with Crippen LogP contribution >= 0.6 is 0 Å². The number of hydrogen-bond acceptors (Lipinski definition) is 4.